The Bertz CT molecular complexity index is 523. The molecule has 1 N–H and O–H groups in total. The molecule has 0 atom stereocenters. The topological polar surface area (TPSA) is 38.3 Å². The maximum atomic E-state index is 13.8. The number of rotatable bonds is 1. The van der Waals surface area contributed by atoms with Gasteiger partial charge in [0, 0.05) is 0 Å². The molecule has 8 heteroatoms. The van der Waals surface area contributed by atoms with Gasteiger partial charge in [0.25, 0.3) is 0 Å². The number of carbonyl (C=O) groups is 1. The van der Waals surface area contributed by atoms with Crippen LogP contribution in [0.15, 0.2) is 16.6 Å². The number of ether oxygens (including phenoxy) is 1. The van der Waals surface area contributed by atoms with Crippen LogP contribution in [0.3, 0.4) is 0 Å². The number of amides is 1. The predicted molar refractivity (Wildman–Crippen MR) is 69.0 cm³/mol. The zero-order valence-electron chi connectivity index (χ0n) is 10.9. The number of carbonyl (C=O) groups excluding carboxylic acids is 1. The Morgan fingerprint density at radius 1 is 1.25 bits per heavy atom. The van der Waals surface area contributed by atoms with E-state index in [1.54, 1.807) is 20.8 Å². The first-order valence-corrected chi connectivity index (χ1v) is 6.26. The van der Waals surface area contributed by atoms with Gasteiger partial charge in [0.15, 0.2) is 5.82 Å². The first-order valence-electron chi connectivity index (χ1n) is 5.47. The van der Waals surface area contributed by atoms with Crippen LogP contribution in [0.5, 0.6) is 0 Å². The molecule has 0 heterocycles. The minimum Gasteiger partial charge on any atom is -0.444 e. The summed E-state index contributed by atoms with van der Waals surface area (Å²) in [7, 11) is 0. The van der Waals surface area contributed by atoms with Crippen molar-refractivity contribution in [1.29, 1.82) is 0 Å². The fourth-order valence-corrected chi connectivity index (χ4v) is 1.85. The van der Waals surface area contributed by atoms with Crippen molar-refractivity contribution in [3.8, 4) is 0 Å². The number of hydrogen-bond donors (Lipinski definition) is 1. The molecule has 0 spiro atoms. The van der Waals surface area contributed by atoms with Gasteiger partial charge in [0.2, 0.25) is 0 Å². The maximum Gasteiger partial charge on any atom is 0.417 e. The highest BCUT2D eigenvalue weighted by atomic mass is 79.9. The number of anilines is 1. The molecular weight excluding hydrogens is 346 g/mol. The third-order valence-electron chi connectivity index (χ3n) is 2.02. The monoisotopic (exact) mass is 357 g/mol. The lowest BCUT2D eigenvalue weighted by Gasteiger charge is -2.20. The molecule has 0 aliphatic carbocycles. The second-order valence-corrected chi connectivity index (χ2v) is 5.71. The van der Waals surface area contributed by atoms with E-state index >= 15 is 0 Å². The summed E-state index contributed by atoms with van der Waals surface area (Å²) in [4.78, 5) is 11.4. The SMILES string of the molecule is CC(C)(C)OC(=O)Nc1ccc(C(F)(F)F)c(Br)c1F. The van der Waals surface area contributed by atoms with Crippen molar-refractivity contribution < 1.29 is 27.1 Å². The van der Waals surface area contributed by atoms with Gasteiger partial charge in [-0.2, -0.15) is 13.2 Å². The second-order valence-electron chi connectivity index (χ2n) is 4.91. The molecule has 0 aliphatic rings. The molecule has 1 rings (SSSR count). The van der Waals surface area contributed by atoms with E-state index in [-0.39, 0.29) is 0 Å². The Morgan fingerprint density at radius 2 is 1.80 bits per heavy atom. The van der Waals surface area contributed by atoms with Gasteiger partial charge in [-0.25, -0.2) is 9.18 Å². The fourth-order valence-electron chi connectivity index (χ4n) is 1.28. The van der Waals surface area contributed by atoms with Crippen molar-refractivity contribution in [3.05, 3.63) is 28.0 Å². The molecular formula is C12H12BrF4NO2. The van der Waals surface area contributed by atoms with Crippen LogP contribution < -0.4 is 5.32 Å². The molecule has 0 aliphatic heterocycles. The first kappa shape index (κ1) is 16.7. The van der Waals surface area contributed by atoms with Crippen molar-refractivity contribution in [3.63, 3.8) is 0 Å². The Morgan fingerprint density at radius 3 is 2.25 bits per heavy atom. The van der Waals surface area contributed by atoms with Crippen molar-refractivity contribution >= 4 is 27.7 Å². The molecule has 0 aromatic heterocycles. The molecule has 0 saturated heterocycles. The van der Waals surface area contributed by atoms with Crippen molar-refractivity contribution in [2.24, 2.45) is 0 Å². The van der Waals surface area contributed by atoms with Crippen molar-refractivity contribution in [2.75, 3.05) is 5.32 Å². The number of nitrogens with one attached hydrogen (secondary N) is 1. The summed E-state index contributed by atoms with van der Waals surface area (Å²) < 4.78 is 55.5. The molecule has 1 aromatic carbocycles. The first-order chi connectivity index (χ1) is 8.92. The molecule has 112 valence electrons. The van der Waals surface area contributed by atoms with Crippen LogP contribution >= 0.6 is 15.9 Å². The molecule has 0 saturated carbocycles. The van der Waals surface area contributed by atoms with Gasteiger partial charge in [0.05, 0.1) is 15.7 Å². The quantitative estimate of drug-likeness (QED) is 0.721. The lowest BCUT2D eigenvalue weighted by Crippen LogP contribution is -2.27. The molecule has 0 fully saturated rings. The van der Waals surface area contributed by atoms with Crippen LogP contribution in [0.25, 0.3) is 0 Å². The zero-order valence-corrected chi connectivity index (χ0v) is 12.4. The number of halogens is 5. The molecule has 0 unspecified atom stereocenters. The van der Waals surface area contributed by atoms with E-state index in [1.165, 1.54) is 0 Å². The van der Waals surface area contributed by atoms with Crippen molar-refractivity contribution in [1.82, 2.24) is 0 Å². The van der Waals surface area contributed by atoms with E-state index in [2.05, 4.69) is 21.2 Å². The number of hydrogen-bond acceptors (Lipinski definition) is 2. The van der Waals surface area contributed by atoms with Gasteiger partial charge in [-0.3, -0.25) is 5.32 Å². The van der Waals surface area contributed by atoms with Crippen LogP contribution in [-0.2, 0) is 10.9 Å². The normalized spacial score (nSPS) is 12.2. The molecule has 0 bridgehead atoms. The Labute approximate surface area is 121 Å². The zero-order chi connectivity index (χ0) is 15.7. The average molecular weight is 358 g/mol. The summed E-state index contributed by atoms with van der Waals surface area (Å²) in [6.45, 7) is 4.81. The summed E-state index contributed by atoms with van der Waals surface area (Å²) in [6.07, 6.45) is -5.65. The Hall–Kier alpha value is -1.31. The summed E-state index contributed by atoms with van der Waals surface area (Å²) in [5.74, 6) is -1.22. The summed E-state index contributed by atoms with van der Waals surface area (Å²) >= 11 is 2.53. The molecule has 20 heavy (non-hydrogen) atoms. The van der Waals surface area contributed by atoms with Gasteiger partial charge in [-0.15, -0.1) is 0 Å². The van der Waals surface area contributed by atoms with E-state index in [0.717, 1.165) is 6.07 Å². The lowest BCUT2D eigenvalue weighted by molar-refractivity contribution is -0.138. The van der Waals surface area contributed by atoms with Crippen LogP contribution in [-0.4, -0.2) is 11.7 Å². The third kappa shape index (κ3) is 4.36. The van der Waals surface area contributed by atoms with Gasteiger partial charge in [-0.1, -0.05) is 0 Å². The smallest absolute Gasteiger partial charge is 0.417 e. The molecule has 1 amide bonds. The Balaban J connectivity index is 3.00. The van der Waals surface area contributed by atoms with Crippen LogP contribution in [0.4, 0.5) is 28.0 Å². The number of alkyl halides is 3. The predicted octanol–water partition coefficient (Wildman–Crippen LogP) is 4.95. The lowest BCUT2D eigenvalue weighted by atomic mass is 10.2. The van der Waals surface area contributed by atoms with E-state index in [9.17, 15) is 22.4 Å². The minimum absolute atomic E-state index is 0.404. The van der Waals surface area contributed by atoms with Gasteiger partial charge >= 0.3 is 12.3 Å². The van der Waals surface area contributed by atoms with E-state index in [0.29, 0.717) is 6.07 Å². The minimum atomic E-state index is -4.69. The van der Waals surface area contributed by atoms with Crippen LogP contribution in [0, 0.1) is 5.82 Å². The summed E-state index contributed by atoms with van der Waals surface area (Å²) in [6, 6.07) is 1.49. The Kier molecular flexibility index (Phi) is 4.68. The standard InChI is InChI=1S/C12H12BrF4NO2/c1-11(2,3)20-10(19)18-7-5-4-6(12(15,16)17)8(13)9(7)14/h4-5H,1-3H3,(H,18,19). The van der Waals surface area contributed by atoms with Crippen molar-refractivity contribution in [2.45, 2.75) is 32.5 Å². The molecule has 0 radical (unpaired) electrons. The highest BCUT2D eigenvalue weighted by molar-refractivity contribution is 9.10. The third-order valence-corrected chi connectivity index (χ3v) is 2.80. The van der Waals surface area contributed by atoms with Gasteiger partial charge < -0.3 is 4.74 Å². The highest BCUT2D eigenvalue weighted by Gasteiger charge is 2.35. The van der Waals surface area contributed by atoms with E-state index in [1.807, 2.05) is 0 Å². The van der Waals surface area contributed by atoms with Crippen LogP contribution in [0.2, 0.25) is 0 Å². The second kappa shape index (κ2) is 5.59. The summed E-state index contributed by atoms with van der Waals surface area (Å²) in [5, 5.41) is 2.05. The largest absolute Gasteiger partial charge is 0.444 e. The molecule has 3 nitrogen and oxygen atoms in total. The van der Waals surface area contributed by atoms with E-state index < -0.39 is 39.4 Å². The fraction of sp³-hybridized carbons (Fsp3) is 0.417. The highest BCUT2D eigenvalue weighted by Crippen LogP contribution is 2.38. The molecule has 1 aromatic rings. The average Bonchev–Trinajstić information content (AvgIpc) is 2.20. The summed E-state index contributed by atoms with van der Waals surface area (Å²) in [5.41, 5.74) is -2.37. The van der Waals surface area contributed by atoms with Gasteiger partial charge in [-0.05, 0) is 48.8 Å². The maximum absolute atomic E-state index is 13.8. The number of benzene rings is 1. The van der Waals surface area contributed by atoms with Gasteiger partial charge in [0.1, 0.15) is 5.60 Å². The van der Waals surface area contributed by atoms with Crippen LogP contribution in [0.1, 0.15) is 26.3 Å². The van der Waals surface area contributed by atoms with E-state index in [4.69, 9.17) is 4.74 Å².